The average molecular weight is 295 g/mol. The molecule has 0 radical (unpaired) electrons. The summed E-state index contributed by atoms with van der Waals surface area (Å²) in [5.74, 6) is 0. The summed E-state index contributed by atoms with van der Waals surface area (Å²) in [5.41, 5.74) is 0.342. The smallest absolute Gasteiger partial charge is 0.298 e. The Morgan fingerprint density at radius 2 is 2.20 bits per heavy atom. The van der Waals surface area contributed by atoms with E-state index >= 15 is 0 Å². The van der Waals surface area contributed by atoms with Crippen molar-refractivity contribution in [3.8, 4) is 0 Å². The molecule has 7 heteroatoms. The van der Waals surface area contributed by atoms with Crippen LogP contribution < -0.4 is 5.32 Å². The van der Waals surface area contributed by atoms with E-state index in [1.54, 1.807) is 0 Å². The molecule has 1 heterocycles. The first-order valence-corrected chi connectivity index (χ1v) is 6.55. The van der Waals surface area contributed by atoms with Crippen molar-refractivity contribution >= 4 is 31.7 Å². The van der Waals surface area contributed by atoms with Crippen LogP contribution in [0.25, 0.3) is 0 Å². The first kappa shape index (κ1) is 12.4. The molecule has 1 aromatic heterocycles. The third-order valence-electron chi connectivity index (χ3n) is 1.69. The Labute approximate surface area is 96.8 Å². The summed E-state index contributed by atoms with van der Waals surface area (Å²) in [7, 11) is -4.24. The molecule has 0 aliphatic rings. The number of nitrogens with one attached hydrogen (secondary N) is 1. The Morgan fingerprint density at radius 1 is 1.53 bits per heavy atom. The van der Waals surface area contributed by atoms with Gasteiger partial charge in [0.2, 0.25) is 0 Å². The third kappa shape index (κ3) is 3.15. The Bertz CT molecular complexity index is 447. The van der Waals surface area contributed by atoms with Gasteiger partial charge in [-0.25, -0.2) is 0 Å². The van der Waals surface area contributed by atoms with Gasteiger partial charge in [-0.1, -0.05) is 6.92 Å². The van der Waals surface area contributed by atoms with Crippen molar-refractivity contribution in [3.05, 3.63) is 16.9 Å². The number of pyridine rings is 1. The van der Waals surface area contributed by atoms with Gasteiger partial charge in [0.25, 0.3) is 10.1 Å². The van der Waals surface area contributed by atoms with Gasteiger partial charge in [-0.15, -0.1) is 0 Å². The molecule has 0 atom stereocenters. The van der Waals surface area contributed by atoms with Crippen LogP contribution in [0.1, 0.15) is 13.3 Å². The zero-order chi connectivity index (χ0) is 11.5. The number of nitrogens with zero attached hydrogens (tertiary/aromatic N) is 1. The summed E-state index contributed by atoms with van der Waals surface area (Å²) < 4.78 is 31.5. The molecule has 0 saturated heterocycles. The van der Waals surface area contributed by atoms with E-state index in [0.717, 1.165) is 12.6 Å². The maximum atomic E-state index is 11.0. The number of halogens is 1. The van der Waals surface area contributed by atoms with E-state index in [1.807, 2.05) is 6.92 Å². The lowest BCUT2D eigenvalue weighted by atomic mass is 10.4. The number of hydrogen-bond acceptors (Lipinski definition) is 4. The van der Waals surface area contributed by atoms with Crippen molar-refractivity contribution in [2.75, 3.05) is 11.9 Å². The minimum atomic E-state index is -4.24. The monoisotopic (exact) mass is 294 g/mol. The van der Waals surface area contributed by atoms with Gasteiger partial charge in [-0.3, -0.25) is 9.54 Å². The van der Waals surface area contributed by atoms with Crippen LogP contribution in [0.4, 0.5) is 5.69 Å². The quantitative estimate of drug-likeness (QED) is 0.830. The zero-order valence-corrected chi connectivity index (χ0v) is 10.5. The van der Waals surface area contributed by atoms with Gasteiger partial charge >= 0.3 is 0 Å². The van der Waals surface area contributed by atoms with E-state index in [9.17, 15) is 8.42 Å². The predicted octanol–water partition coefficient (Wildman–Crippen LogP) is 1.91. The Hall–Kier alpha value is -0.660. The van der Waals surface area contributed by atoms with Crippen molar-refractivity contribution in [1.82, 2.24) is 4.98 Å². The number of anilines is 1. The van der Waals surface area contributed by atoms with E-state index in [1.165, 1.54) is 6.20 Å². The van der Waals surface area contributed by atoms with Crippen LogP contribution >= 0.6 is 15.9 Å². The highest BCUT2D eigenvalue weighted by molar-refractivity contribution is 9.10. The second-order valence-electron chi connectivity index (χ2n) is 2.90. The van der Waals surface area contributed by atoms with Crippen molar-refractivity contribution in [2.45, 2.75) is 18.2 Å². The lowest BCUT2D eigenvalue weighted by molar-refractivity contribution is 0.483. The van der Waals surface area contributed by atoms with Crippen molar-refractivity contribution in [2.24, 2.45) is 0 Å². The summed E-state index contributed by atoms with van der Waals surface area (Å²) in [6.45, 7) is 2.57. The first-order chi connectivity index (χ1) is 6.96. The maximum Gasteiger partial charge on any atom is 0.298 e. The summed E-state index contributed by atoms with van der Waals surface area (Å²) in [4.78, 5) is 3.48. The average Bonchev–Trinajstić information content (AvgIpc) is 2.14. The van der Waals surface area contributed by atoms with Gasteiger partial charge in [0.15, 0.2) is 0 Å². The van der Waals surface area contributed by atoms with Crippen molar-refractivity contribution < 1.29 is 13.0 Å². The largest absolute Gasteiger partial charge is 0.383 e. The fraction of sp³-hybridized carbons (Fsp3) is 0.375. The Balaban J connectivity index is 3.21. The molecule has 5 nitrogen and oxygen atoms in total. The maximum absolute atomic E-state index is 11.0. The topological polar surface area (TPSA) is 79.3 Å². The highest BCUT2D eigenvalue weighted by atomic mass is 79.9. The number of aromatic nitrogens is 1. The van der Waals surface area contributed by atoms with Gasteiger partial charge in [-0.05, 0) is 22.4 Å². The van der Waals surface area contributed by atoms with Gasteiger partial charge in [0, 0.05) is 12.7 Å². The van der Waals surface area contributed by atoms with E-state index in [0.29, 0.717) is 16.7 Å². The number of rotatable bonds is 4. The van der Waals surface area contributed by atoms with Crippen LogP contribution in [-0.2, 0) is 10.1 Å². The molecule has 0 unspecified atom stereocenters. The van der Waals surface area contributed by atoms with Crippen molar-refractivity contribution in [3.63, 3.8) is 0 Å². The first-order valence-electron chi connectivity index (χ1n) is 4.31. The molecule has 0 aliphatic heterocycles. The molecule has 0 spiro atoms. The second-order valence-corrected chi connectivity index (χ2v) is 5.14. The van der Waals surface area contributed by atoms with E-state index in [2.05, 4.69) is 26.2 Å². The molecule has 0 fully saturated rings. The Morgan fingerprint density at radius 3 is 2.73 bits per heavy atom. The molecule has 1 aromatic rings. The molecule has 0 bridgehead atoms. The van der Waals surface area contributed by atoms with Crippen LogP contribution in [0, 0.1) is 0 Å². The van der Waals surface area contributed by atoms with Crippen molar-refractivity contribution in [1.29, 1.82) is 0 Å². The van der Waals surface area contributed by atoms with E-state index in [-0.39, 0.29) is 4.90 Å². The van der Waals surface area contributed by atoms with Crippen LogP contribution in [0.2, 0.25) is 0 Å². The van der Waals surface area contributed by atoms with Crippen LogP contribution in [0.15, 0.2) is 21.8 Å². The molecule has 1 rings (SSSR count). The number of hydrogen-bond donors (Lipinski definition) is 2. The van der Waals surface area contributed by atoms with Crippen LogP contribution in [0.3, 0.4) is 0 Å². The molecule has 15 heavy (non-hydrogen) atoms. The summed E-state index contributed by atoms with van der Waals surface area (Å²) >= 11 is 3.17. The van der Waals surface area contributed by atoms with E-state index < -0.39 is 10.1 Å². The van der Waals surface area contributed by atoms with Gasteiger partial charge < -0.3 is 5.32 Å². The highest BCUT2D eigenvalue weighted by Crippen LogP contribution is 2.28. The molecular weight excluding hydrogens is 284 g/mol. The summed E-state index contributed by atoms with van der Waals surface area (Å²) in [6.07, 6.45) is 3.42. The summed E-state index contributed by atoms with van der Waals surface area (Å²) in [6, 6.07) is 0. The zero-order valence-electron chi connectivity index (χ0n) is 8.07. The SMILES string of the molecule is CCCNc1c(Br)cncc1S(=O)(=O)O. The second kappa shape index (κ2) is 4.91. The Kier molecular flexibility index (Phi) is 4.06. The fourth-order valence-electron chi connectivity index (χ4n) is 1.03. The predicted molar refractivity (Wildman–Crippen MR) is 60.5 cm³/mol. The van der Waals surface area contributed by atoms with Crippen LogP contribution in [-0.4, -0.2) is 24.5 Å². The molecule has 84 valence electrons. The standard InChI is InChI=1S/C8H11BrN2O3S/c1-2-3-11-8-6(9)4-10-5-7(8)15(12,13)14/h4-5H,2-3H2,1H3,(H,10,11)(H,12,13,14). The third-order valence-corrected chi connectivity index (χ3v) is 3.16. The lowest BCUT2D eigenvalue weighted by Gasteiger charge is -2.10. The van der Waals surface area contributed by atoms with Crippen LogP contribution in [0.5, 0.6) is 0 Å². The highest BCUT2D eigenvalue weighted by Gasteiger charge is 2.17. The molecule has 2 N–H and O–H groups in total. The molecule has 0 aliphatic carbocycles. The fourth-order valence-corrected chi connectivity index (χ4v) is 2.27. The summed E-state index contributed by atoms with van der Waals surface area (Å²) in [5, 5.41) is 2.91. The van der Waals surface area contributed by atoms with Gasteiger partial charge in [0.05, 0.1) is 16.4 Å². The van der Waals surface area contributed by atoms with Gasteiger partial charge in [-0.2, -0.15) is 8.42 Å². The van der Waals surface area contributed by atoms with E-state index in [4.69, 9.17) is 4.55 Å². The normalized spacial score (nSPS) is 11.4. The molecule has 0 saturated carbocycles. The van der Waals surface area contributed by atoms with Gasteiger partial charge in [0.1, 0.15) is 4.90 Å². The molecule has 0 amide bonds. The lowest BCUT2D eigenvalue weighted by Crippen LogP contribution is -2.08. The molecule has 0 aromatic carbocycles. The minimum absolute atomic E-state index is 0.217. The molecular formula is C8H11BrN2O3S. The minimum Gasteiger partial charge on any atom is -0.383 e.